The summed E-state index contributed by atoms with van der Waals surface area (Å²) in [6.45, 7) is 1.58. The van der Waals surface area contributed by atoms with Gasteiger partial charge in [-0.1, -0.05) is 0 Å². The highest BCUT2D eigenvalue weighted by atomic mass is 79.9. The minimum Gasteiger partial charge on any atom is -0.467 e. The lowest BCUT2D eigenvalue weighted by Gasteiger charge is -2.20. The molecule has 0 unspecified atom stereocenters. The topological polar surface area (TPSA) is 41.3 Å². The molecular formula is C15H18BrN3O. The number of aromatic nitrogens is 1. The first-order chi connectivity index (χ1) is 9.72. The van der Waals surface area contributed by atoms with Gasteiger partial charge >= 0.3 is 0 Å². The highest BCUT2D eigenvalue weighted by Gasteiger charge is 2.21. The van der Waals surface area contributed by atoms with E-state index >= 15 is 0 Å². The van der Waals surface area contributed by atoms with Gasteiger partial charge in [0.25, 0.3) is 0 Å². The Bertz CT molecular complexity index is 567. The van der Waals surface area contributed by atoms with E-state index in [0.717, 1.165) is 29.1 Å². The van der Waals surface area contributed by atoms with Gasteiger partial charge in [-0.3, -0.25) is 0 Å². The van der Waals surface area contributed by atoms with Crippen molar-refractivity contribution in [3.63, 3.8) is 0 Å². The van der Waals surface area contributed by atoms with Gasteiger partial charge in [0.05, 0.1) is 12.8 Å². The van der Waals surface area contributed by atoms with Crippen LogP contribution in [-0.4, -0.2) is 18.1 Å². The maximum atomic E-state index is 5.40. The first-order valence-electron chi connectivity index (χ1n) is 6.83. The average molecular weight is 336 g/mol. The van der Waals surface area contributed by atoms with Gasteiger partial charge in [0.1, 0.15) is 11.6 Å². The van der Waals surface area contributed by atoms with E-state index < -0.39 is 0 Å². The zero-order valence-corrected chi connectivity index (χ0v) is 13.1. The summed E-state index contributed by atoms with van der Waals surface area (Å²) in [6, 6.07) is 6.72. The van der Waals surface area contributed by atoms with Crippen LogP contribution in [0.3, 0.4) is 0 Å². The minimum atomic E-state index is 0.692. The number of hydrogen-bond donors (Lipinski definition) is 1. The van der Waals surface area contributed by atoms with E-state index in [-0.39, 0.29) is 0 Å². The van der Waals surface area contributed by atoms with Crippen LogP contribution in [0.25, 0.3) is 0 Å². The van der Waals surface area contributed by atoms with Gasteiger partial charge < -0.3 is 14.6 Å². The first-order valence-corrected chi connectivity index (χ1v) is 7.63. The first kappa shape index (κ1) is 13.6. The van der Waals surface area contributed by atoms with Gasteiger partial charge in [0, 0.05) is 35.9 Å². The third-order valence-corrected chi connectivity index (χ3v) is 3.84. The standard InChI is InChI=1S/C15H18BrN3O/c1-19(10-14-3-2-6-20-14)15-11(7-12(16)9-18-15)8-17-13-4-5-13/h2-3,6-7,9,13,17H,4-5,8,10H2,1H3. The lowest BCUT2D eigenvalue weighted by atomic mass is 10.2. The Balaban J connectivity index is 1.75. The van der Waals surface area contributed by atoms with Gasteiger partial charge in [0.2, 0.25) is 0 Å². The number of pyridine rings is 1. The molecule has 0 amide bonds. The number of nitrogens with one attached hydrogen (secondary N) is 1. The van der Waals surface area contributed by atoms with Crippen LogP contribution in [0.1, 0.15) is 24.2 Å². The molecule has 5 heteroatoms. The second-order valence-electron chi connectivity index (χ2n) is 5.23. The Morgan fingerprint density at radius 3 is 3.05 bits per heavy atom. The van der Waals surface area contributed by atoms with Crippen molar-refractivity contribution in [2.75, 3.05) is 11.9 Å². The van der Waals surface area contributed by atoms with E-state index in [1.165, 1.54) is 18.4 Å². The molecule has 0 aliphatic heterocycles. The molecule has 2 aromatic heterocycles. The molecule has 2 aromatic rings. The Morgan fingerprint density at radius 2 is 2.35 bits per heavy atom. The zero-order chi connectivity index (χ0) is 13.9. The van der Waals surface area contributed by atoms with Crippen LogP contribution in [0.15, 0.2) is 39.5 Å². The van der Waals surface area contributed by atoms with Crippen molar-refractivity contribution in [3.8, 4) is 0 Å². The maximum Gasteiger partial charge on any atom is 0.133 e. The largest absolute Gasteiger partial charge is 0.467 e. The van der Waals surface area contributed by atoms with E-state index in [1.807, 2.05) is 25.4 Å². The van der Waals surface area contributed by atoms with Crippen LogP contribution < -0.4 is 10.2 Å². The van der Waals surface area contributed by atoms with Crippen LogP contribution in [0.4, 0.5) is 5.82 Å². The fourth-order valence-electron chi connectivity index (χ4n) is 2.20. The monoisotopic (exact) mass is 335 g/mol. The summed E-state index contributed by atoms with van der Waals surface area (Å²) in [5.74, 6) is 1.94. The van der Waals surface area contributed by atoms with Crippen LogP contribution in [-0.2, 0) is 13.1 Å². The summed E-state index contributed by atoms with van der Waals surface area (Å²) < 4.78 is 6.42. The van der Waals surface area contributed by atoms with Gasteiger partial charge in [-0.05, 0) is 47.0 Å². The van der Waals surface area contributed by atoms with Crippen LogP contribution in [0.2, 0.25) is 0 Å². The summed E-state index contributed by atoms with van der Waals surface area (Å²) in [7, 11) is 2.04. The van der Waals surface area contributed by atoms with Crippen molar-refractivity contribution in [2.45, 2.75) is 32.0 Å². The zero-order valence-electron chi connectivity index (χ0n) is 11.5. The molecule has 0 spiro atoms. The van der Waals surface area contributed by atoms with Crippen molar-refractivity contribution in [3.05, 3.63) is 46.5 Å². The number of nitrogens with zero attached hydrogens (tertiary/aromatic N) is 2. The third kappa shape index (κ3) is 3.41. The van der Waals surface area contributed by atoms with Crippen molar-refractivity contribution in [1.29, 1.82) is 0 Å². The number of rotatable bonds is 6. The molecule has 2 heterocycles. The molecule has 0 atom stereocenters. The van der Waals surface area contributed by atoms with Crippen molar-refractivity contribution in [2.24, 2.45) is 0 Å². The van der Waals surface area contributed by atoms with Gasteiger partial charge in [0.15, 0.2) is 0 Å². The molecule has 0 radical (unpaired) electrons. The Labute approximate surface area is 127 Å². The van der Waals surface area contributed by atoms with Crippen LogP contribution in [0.5, 0.6) is 0 Å². The molecule has 3 rings (SSSR count). The predicted octanol–water partition coefficient (Wildman–Crippen LogP) is 3.33. The van der Waals surface area contributed by atoms with Gasteiger partial charge in [-0.25, -0.2) is 4.98 Å². The van der Waals surface area contributed by atoms with Gasteiger partial charge in [-0.2, -0.15) is 0 Å². The number of furan rings is 1. The van der Waals surface area contributed by atoms with E-state index in [1.54, 1.807) is 6.26 Å². The lowest BCUT2D eigenvalue weighted by Crippen LogP contribution is -2.22. The summed E-state index contributed by atoms with van der Waals surface area (Å²) in [6.07, 6.45) is 6.13. The second kappa shape index (κ2) is 5.97. The summed E-state index contributed by atoms with van der Waals surface area (Å²) in [5, 5.41) is 3.54. The predicted molar refractivity (Wildman–Crippen MR) is 82.6 cm³/mol. The quantitative estimate of drug-likeness (QED) is 0.879. The molecule has 1 aliphatic rings. The summed E-state index contributed by atoms with van der Waals surface area (Å²) in [5.41, 5.74) is 1.21. The SMILES string of the molecule is CN(Cc1ccco1)c1ncc(Br)cc1CNC1CC1. The number of halogens is 1. The molecule has 20 heavy (non-hydrogen) atoms. The minimum absolute atomic E-state index is 0.692. The highest BCUT2D eigenvalue weighted by Crippen LogP contribution is 2.24. The van der Waals surface area contributed by atoms with E-state index in [4.69, 9.17) is 4.42 Å². The van der Waals surface area contributed by atoms with E-state index in [2.05, 4.69) is 37.2 Å². The Morgan fingerprint density at radius 1 is 1.50 bits per heavy atom. The second-order valence-corrected chi connectivity index (χ2v) is 6.14. The third-order valence-electron chi connectivity index (χ3n) is 3.40. The van der Waals surface area contributed by atoms with Crippen molar-refractivity contribution in [1.82, 2.24) is 10.3 Å². The van der Waals surface area contributed by atoms with Crippen LogP contribution >= 0.6 is 15.9 Å². The lowest BCUT2D eigenvalue weighted by molar-refractivity contribution is 0.506. The molecule has 0 saturated heterocycles. The summed E-state index contributed by atoms with van der Waals surface area (Å²) >= 11 is 3.50. The molecular weight excluding hydrogens is 318 g/mol. The van der Waals surface area contributed by atoms with Crippen LogP contribution in [0, 0.1) is 0 Å². The number of anilines is 1. The fraction of sp³-hybridized carbons (Fsp3) is 0.400. The molecule has 1 fully saturated rings. The maximum absolute atomic E-state index is 5.40. The molecule has 106 valence electrons. The summed E-state index contributed by atoms with van der Waals surface area (Å²) in [4.78, 5) is 6.67. The normalized spacial score (nSPS) is 14.5. The average Bonchev–Trinajstić information content (AvgIpc) is 3.13. The molecule has 0 aromatic carbocycles. The number of hydrogen-bond acceptors (Lipinski definition) is 4. The molecule has 1 N–H and O–H groups in total. The fourth-order valence-corrected chi connectivity index (χ4v) is 2.58. The van der Waals surface area contributed by atoms with Crippen molar-refractivity contribution < 1.29 is 4.42 Å². The molecule has 0 bridgehead atoms. The van der Waals surface area contributed by atoms with Crippen molar-refractivity contribution >= 4 is 21.7 Å². The molecule has 4 nitrogen and oxygen atoms in total. The van der Waals surface area contributed by atoms with E-state index in [0.29, 0.717) is 6.04 Å². The smallest absolute Gasteiger partial charge is 0.133 e. The van der Waals surface area contributed by atoms with E-state index in [9.17, 15) is 0 Å². The van der Waals surface area contributed by atoms with Gasteiger partial charge in [-0.15, -0.1) is 0 Å². The highest BCUT2D eigenvalue weighted by molar-refractivity contribution is 9.10. The molecule has 1 saturated carbocycles. The Hall–Kier alpha value is -1.33. The Kier molecular flexibility index (Phi) is 4.08. The molecule has 1 aliphatic carbocycles.